The summed E-state index contributed by atoms with van der Waals surface area (Å²) in [7, 11) is 1.26. The topological polar surface area (TPSA) is 97.5 Å². The maximum Gasteiger partial charge on any atom is 0.411 e. The molecule has 0 aliphatic carbocycles. The monoisotopic (exact) mass is 318 g/mol. The van der Waals surface area contributed by atoms with Crippen molar-refractivity contribution >= 4 is 34.4 Å². The molecule has 2 aromatic rings. The van der Waals surface area contributed by atoms with E-state index in [1.54, 1.807) is 19.9 Å². The molecule has 0 spiro atoms. The van der Waals surface area contributed by atoms with Gasteiger partial charge in [0, 0.05) is 16.6 Å². The van der Waals surface area contributed by atoms with Crippen LogP contribution in [-0.4, -0.2) is 36.5 Å². The second kappa shape index (κ2) is 6.51. The number of amides is 1. The van der Waals surface area contributed by atoms with Crippen molar-refractivity contribution in [3.8, 4) is 0 Å². The van der Waals surface area contributed by atoms with Gasteiger partial charge in [0.05, 0.1) is 30.5 Å². The first-order valence-corrected chi connectivity index (χ1v) is 7.08. The molecular formula is C16H18N2O5. The number of methoxy groups -OCH3 is 1. The second-order valence-corrected chi connectivity index (χ2v) is 4.96. The van der Waals surface area contributed by atoms with Crippen molar-refractivity contribution in [1.82, 2.24) is 4.98 Å². The predicted octanol–water partition coefficient (Wildman–Crippen LogP) is 3.03. The second-order valence-electron chi connectivity index (χ2n) is 4.96. The number of carbonyl (C=O) groups excluding carboxylic acids is 3. The summed E-state index contributed by atoms with van der Waals surface area (Å²) in [6, 6.07) is 3.04. The van der Waals surface area contributed by atoms with Gasteiger partial charge in [-0.25, -0.2) is 9.59 Å². The third-order valence-corrected chi connectivity index (χ3v) is 3.38. The third-order valence-electron chi connectivity index (χ3n) is 3.38. The molecule has 2 N–H and O–H groups in total. The summed E-state index contributed by atoms with van der Waals surface area (Å²) in [6.07, 6.45) is -0.646. The van der Waals surface area contributed by atoms with Crippen LogP contribution < -0.4 is 5.32 Å². The minimum atomic E-state index is -0.646. The van der Waals surface area contributed by atoms with E-state index in [4.69, 9.17) is 9.47 Å². The molecule has 1 aromatic heterocycles. The third kappa shape index (κ3) is 3.18. The van der Waals surface area contributed by atoms with Crippen molar-refractivity contribution in [3.63, 3.8) is 0 Å². The number of H-pyrrole nitrogens is 1. The Labute approximate surface area is 133 Å². The Kier molecular flexibility index (Phi) is 4.68. The Balaban J connectivity index is 2.68. The molecule has 7 heteroatoms. The van der Waals surface area contributed by atoms with Gasteiger partial charge in [-0.15, -0.1) is 0 Å². The number of rotatable bonds is 4. The average molecular weight is 318 g/mol. The van der Waals surface area contributed by atoms with Crippen LogP contribution in [0, 0.1) is 6.92 Å². The van der Waals surface area contributed by atoms with E-state index in [-0.39, 0.29) is 18.0 Å². The lowest BCUT2D eigenvalue weighted by molar-refractivity contribution is 0.0600. The molecule has 0 aliphatic rings. The summed E-state index contributed by atoms with van der Waals surface area (Å²) in [5.41, 5.74) is 2.25. The van der Waals surface area contributed by atoms with Crippen molar-refractivity contribution in [1.29, 1.82) is 0 Å². The van der Waals surface area contributed by atoms with Crippen LogP contribution in [0.15, 0.2) is 12.1 Å². The lowest BCUT2D eigenvalue weighted by Crippen LogP contribution is -2.14. The van der Waals surface area contributed by atoms with Gasteiger partial charge in [-0.3, -0.25) is 10.1 Å². The maximum atomic E-state index is 11.9. The number of aromatic nitrogens is 1. The van der Waals surface area contributed by atoms with E-state index in [0.717, 1.165) is 0 Å². The Bertz CT molecular complexity index is 791. The van der Waals surface area contributed by atoms with E-state index < -0.39 is 12.1 Å². The molecule has 7 nitrogen and oxygen atoms in total. The van der Waals surface area contributed by atoms with Crippen molar-refractivity contribution in [3.05, 3.63) is 29.0 Å². The van der Waals surface area contributed by atoms with Crippen LogP contribution in [0.3, 0.4) is 0 Å². The molecule has 0 saturated carbocycles. The molecule has 1 aromatic carbocycles. The van der Waals surface area contributed by atoms with Gasteiger partial charge in [0.2, 0.25) is 0 Å². The lowest BCUT2D eigenvalue weighted by Gasteiger charge is -2.09. The van der Waals surface area contributed by atoms with E-state index in [0.29, 0.717) is 27.8 Å². The Morgan fingerprint density at radius 2 is 1.96 bits per heavy atom. The first kappa shape index (κ1) is 16.5. The summed E-state index contributed by atoms with van der Waals surface area (Å²) in [5, 5.41) is 3.12. The van der Waals surface area contributed by atoms with Gasteiger partial charge in [-0.05, 0) is 32.9 Å². The summed E-state index contributed by atoms with van der Waals surface area (Å²) in [6.45, 7) is 5.10. The predicted molar refractivity (Wildman–Crippen MR) is 85.0 cm³/mol. The molecular weight excluding hydrogens is 300 g/mol. The fraction of sp³-hybridized carbons (Fsp3) is 0.312. The smallest absolute Gasteiger partial charge is 0.411 e. The number of carbonyl (C=O) groups is 3. The number of anilines is 1. The van der Waals surface area contributed by atoms with Gasteiger partial charge in [0.1, 0.15) is 0 Å². The van der Waals surface area contributed by atoms with Crippen LogP contribution >= 0.6 is 0 Å². The molecule has 0 aliphatic heterocycles. The lowest BCUT2D eigenvalue weighted by atomic mass is 10.0. The van der Waals surface area contributed by atoms with Crippen LogP contribution in [0.25, 0.3) is 10.9 Å². The molecule has 2 rings (SSSR count). The minimum Gasteiger partial charge on any atom is -0.465 e. The fourth-order valence-corrected chi connectivity index (χ4v) is 2.49. The SMILES string of the molecule is CCOC(=O)Nc1cc(C(=O)OC)cc2c(C(C)=O)c(C)[nH]c12. The number of fused-ring (bicyclic) bond motifs is 1. The number of aryl methyl sites for hydroxylation is 1. The number of benzene rings is 1. The van der Waals surface area contributed by atoms with Crippen molar-refractivity contribution in [2.75, 3.05) is 19.0 Å². The standard InChI is InChI=1S/C16H18N2O5/c1-5-23-16(21)18-12-7-10(15(20)22-4)6-11-13(9(3)19)8(2)17-14(11)12/h6-7,17H,5H2,1-4H3,(H,18,21). The molecule has 122 valence electrons. The Morgan fingerprint density at radius 1 is 1.26 bits per heavy atom. The number of esters is 1. The van der Waals surface area contributed by atoms with E-state index in [2.05, 4.69) is 10.3 Å². The van der Waals surface area contributed by atoms with E-state index >= 15 is 0 Å². The van der Waals surface area contributed by atoms with E-state index in [9.17, 15) is 14.4 Å². The van der Waals surface area contributed by atoms with Gasteiger partial charge in [-0.2, -0.15) is 0 Å². The van der Waals surface area contributed by atoms with Crippen LogP contribution in [0.4, 0.5) is 10.5 Å². The normalized spacial score (nSPS) is 10.4. The molecule has 1 heterocycles. The maximum absolute atomic E-state index is 11.9. The molecule has 0 fully saturated rings. The number of aromatic amines is 1. The highest BCUT2D eigenvalue weighted by Gasteiger charge is 2.19. The number of Topliss-reactive ketones (excluding diaryl/α,β-unsaturated/α-hetero) is 1. The summed E-state index contributed by atoms with van der Waals surface area (Å²) in [4.78, 5) is 38.5. The molecule has 23 heavy (non-hydrogen) atoms. The molecule has 0 unspecified atom stereocenters. The van der Waals surface area contributed by atoms with Crippen LogP contribution in [0.5, 0.6) is 0 Å². The largest absolute Gasteiger partial charge is 0.465 e. The molecule has 0 saturated heterocycles. The number of ether oxygens (including phenoxy) is 2. The summed E-state index contributed by atoms with van der Waals surface area (Å²) in [5.74, 6) is -0.704. The number of hydrogen-bond donors (Lipinski definition) is 2. The number of hydrogen-bond acceptors (Lipinski definition) is 5. The molecule has 0 bridgehead atoms. The summed E-state index contributed by atoms with van der Waals surface area (Å²) < 4.78 is 9.58. The van der Waals surface area contributed by atoms with Gasteiger partial charge in [0.25, 0.3) is 0 Å². The van der Waals surface area contributed by atoms with Crippen LogP contribution in [0.1, 0.15) is 40.3 Å². The highest BCUT2D eigenvalue weighted by Crippen LogP contribution is 2.30. The van der Waals surface area contributed by atoms with Gasteiger partial charge in [0.15, 0.2) is 5.78 Å². The zero-order valence-electron chi connectivity index (χ0n) is 13.4. The quantitative estimate of drug-likeness (QED) is 0.667. The zero-order chi connectivity index (χ0) is 17.1. The summed E-state index contributed by atoms with van der Waals surface area (Å²) >= 11 is 0. The van der Waals surface area contributed by atoms with Crippen molar-refractivity contribution in [2.24, 2.45) is 0 Å². The first-order valence-electron chi connectivity index (χ1n) is 7.08. The van der Waals surface area contributed by atoms with Gasteiger partial charge < -0.3 is 14.5 Å². The van der Waals surface area contributed by atoms with Crippen LogP contribution in [-0.2, 0) is 9.47 Å². The Hall–Kier alpha value is -2.83. The zero-order valence-corrected chi connectivity index (χ0v) is 13.4. The van der Waals surface area contributed by atoms with Crippen molar-refractivity contribution < 1.29 is 23.9 Å². The van der Waals surface area contributed by atoms with E-state index in [1.165, 1.54) is 20.1 Å². The van der Waals surface area contributed by atoms with Crippen LogP contribution in [0.2, 0.25) is 0 Å². The first-order chi connectivity index (χ1) is 10.9. The molecule has 1 amide bonds. The molecule has 0 radical (unpaired) electrons. The number of ketones is 1. The molecule has 0 atom stereocenters. The fourth-order valence-electron chi connectivity index (χ4n) is 2.49. The number of nitrogens with one attached hydrogen (secondary N) is 2. The Morgan fingerprint density at radius 3 is 2.52 bits per heavy atom. The van der Waals surface area contributed by atoms with Gasteiger partial charge >= 0.3 is 12.1 Å². The van der Waals surface area contributed by atoms with Gasteiger partial charge in [-0.1, -0.05) is 0 Å². The van der Waals surface area contributed by atoms with Crippen molar-refractivity contribution in [2.45, 2.75) is 20.8 Å². The average Bonchev–Trinajstić information content (AvgIpc) is 2.82. The highest BCUT2D eigenvalue weighted by molar-refractivity contribution is 6.13. The highest BCUT2D eigenvalue weighted by atomic mass is 16.5. The van der Waals surface area contributed by atoms with E-state index in [1.807, 2.05) is 0 Å². The minimum absolute atomic E-state index is 0.141.